The number of carbonyl (C=O) groups is 2. The molecule has 1 unspecified atom stereocenters. The lowest BCUT2D eigenvalue weighted by molar-refractivity contribution is 0.0674. The Kier molecular flexibility index (Phi) is 5.21. The third kappa shape index (κ3) is 3.96. The quantitative estimate of drug-likeness (QED) is 0.726. The molecule has 2 amide bonds. The van der Waals surface area contributed by atoms with Crippen LogP contribution in [-0.4, -0.2) is 40.0 Å². The van der Waals surface area contributed by atoms with Gasteiger partial charge in [-0.2, -0.15) is 0 Å². The number of benzene rings is 1. The van der Waals surface area contributed by atoms with Crippen molar-refractivity contribution in [2.45, 2.75) is 25.7 Å². The van der Waals surface area contributed by atoms with Crippen LogP contribution in [0.25, 0.3) is 0 Å². The van der Waals surface area contributed by atoms with E-state index in [-0.39, 0.29) is 17.7 Å². The second-order valence-electron chi connectivity index (χ2n) is 6.83. The minimum atomic E-state index is -0.271. The fourth-order valence-electron chi connectivity index (χ4n) is 3.23. The smallest absolute Gasteiger partial charge is 0.289 e. The Balaban J connectivity index is 1.42. The van der Waals surface area contributed by atoms with Crippen molar-refractivity contribution in [1.82, 2.24) is 15.1 Å². The Morgan fingerprint density at radius 1 is 1.21 bits per heavy atom. The lowest BCUT2D eigenvalue weighted by atomic mass is 9.98. The van der Waals surface area contributed by atoms with Gasteiger partial charge in [-0.1, -0.05) is 29.0 Å². The van der Waals surface area contributed by atoms with Gasteiger partial charge in [0.05, 0.1) is 6.26 Å². The third-order valence-corrected chi connectivity index (χ3v) is 5.82. The SMILES string of the molecule is Cc1ccc(NC(=O)c2nnc(C3CCCN(C(=O)c4ccco4)C3)s2)cc1. The van der Waals surface area contributed by atoms with Crippen molar-refractivity contribution in [3.8, 4) is 0 Å². The molecule has 1 aliphatic rings. The van der Waals surface area contributed by atoms with Crippen LogP contribution in [-0.2, 0) is 0 Å². The van der Waals surface area contributed by atoms with Gasteiger partial charge in [0.25, 0.3) is 11.8 Å². The summed E-state index contributed by atoms with van der Waals surface area (Å²) in [6.07, 6.45) is 3.29. The second-order valence-corrected chi connectivity index (χ2v) is 7.84. The summed E-state index contributed by atoms with van der Waals surface area (Å²) in [4.78, 5) is 26.7. The molecule has 0 saturated carbocycles. The molecule has 1 saturated heterocycles. The number of nitrogens with one attached hydrogen (secondary N) is 1. The number of likely N-dealkylation sites (tertiary alicyclic amines) is 1. The topological polar surface area (TPSA) is 88.3 Å². The van der Waals surface area contributed by atoms with Crippen molar-refractivity contribution < 1.29 is 14.0 Å². The van der Waals surface area contributed by atoms with Gasteiger partial charge in [-0.15, -0.1) is 10.2 Å². The number of amides is 2. The fraction of sp³-hybridized carbons (Fsp3) is 0.300. The average molecular weight is 396 g/mol. The van der Waals surface area contributed by atoms with E-state index >= 15 is 0 Å². The normalized spacial score (nSPS) is 16.8. The zero-order chi connectivity index (χ0) is 19.5. The molecule has 3 aromatic rings. The largest absolute Gasteiger partial charge is 0.459 e. The molecule has 0 aliphatic carbocycles. The molecule has 2 aromatic heterocycles. The minimum absolute atomic E-state index is 0.0751. The molecular formula is C20H20N4O3S. The van der Waals surface area contributed by atoms with Crippen LogP contribution in [0.15, 0.2) is 47.1 Å². The lowest BCUT2D eigenvalue weighted by Crippen LogP contribution is -2.38. The van der Waals surface area contributed by atoms with Gasteiger partial charge in [0.15, 0.2) is 5.76 Å². The zero-order valence-corrected chi connectivity index (χ0v) is 16.2. The van der Waals surface area contributed by atoms with E-state index in [0.29, 0.717) is 23.9 Å². The summed E-state index contributed by atoms with van der Waals surface area (Å²) in [5.41, 5.74) is 1.85. The van der Waals surface area contributed by atoms with Crippen molar-refractivity contribution in [3.63, 3.8) is 0 Å². The van der Waals surface area contributed by atoms with Gasteiger partial charge in [0.1, 0.15) is 5.01 Å². The summed E-state index contributed by atoms with van der Waals surface area (Å²) in [5, 5.41) is 12.2. The zero-order valence-electron chi connectivity index (χ0n) is 15.4. The molecular weight excluding hydrogens is 376 g/mol. The Morgan fingerprint density at radius 3 is 2.79 bits per heavy atom. The first-order valence-electron chi connectivity index (χ1n) is 9.14. The summed E-state index contributed by atoms with van der Waals surface area (Å²) < 4.78 is 5.22. The van der Waals surface area contributed by atoms with E-state index in [2.05, 4.69) is 15.5 Å². The van der Waals surface area contributed by atoms with Gasteiger partial charge in [-0.3, -0.25) is 9.59 Å². The number of piperidine rings is 1. The summed E-state index contributed by atoms with van der Waals surface area (Å²) in [6.45, 7) is 3.23. The molecule has 7 nitrogen and oxygen atoms in total. The summed E-state index contributed by atoms with van der Waals surface area (Å²) in [7, 11) is 0. The number of hydrogen-bond donors (Lipinski definition) is 1. The minimum Gasteiger partial charge on any atom is -0.459 e. The number of anilines is 1. The molecule has 0 bridgehead atoms. The number of aryl methyl sites for hydroxylation is 1. The Morgan fingerprint density at radius 2 is 2.04 bits per heavy atom. The van der Waals surface area contributed by atoms with E-state index in [1.54, 1.807) is 17.0 Å². The van der Waals surface area contributed by atoms with Crippen LogP contribution in [0, 0.1) is 6.92 Å². The molecule has 28 heavy (non-hydrogen) atoms. The maximum Gasteiger partial charge on any atom is 0.289 e. The van der Waals surface area contributed by atoms with Crippen LogP contribution in [0.3, 0.4) is 0 Å². The molecule has 0 spiro atoms. The highest BCUT2D eigenvalue weighted by Gasteiger charge is 2.29. The van der Waals surface area contributed by atoms with Crippen LogP contribution in [0.5, 0.6) is 0 Å². The van der Waals surface area contributed by atoms with Crippen LogP contribution in [0.2, 0.25) is 0 Å². The Bertz CT molecular complexity index is 966. The predicted molar refractivity (Wildman–Crippen MR) is 106 cm³/mol. The van der Waals surface area contributed by atoms with E-state index in [1.807, 2.05) is 31.2 Å². The van der Waals surface area contributed by atoms with Crippen molar-refractivity contribution in [2.24, 2.45) is 0 Å². The number of furan rings is 1. The van der Waals surface area contributed by atoms with Crippen molar-refractivity contribution in [1.29, 1.82) is 0 Å². The van der Waals surface area contributed by atoms with Gasteiger partial charge in [0.2, 0.25) is 5.01 Å². The molecule has 8 heteroatoms. The van der Waals surface area contributed by atoms with E-state index in [9.17, 15) is 9.59 Å². The first kappa shape index (κ1) is 18.4. The van der Waals surface area contributed by atoms with E-state index in [0.717, 1.165) is 29.1 Å². The summed E-state index contributed by atoms with van der Waals surface area (Å²) >= 11 is 1.29. The van der Waals surface area contributed by atoms with Gasteiger partial charge >= 0.3 is 0 Å². The van der Waals surface area contributed by atoms with Crippen LogP contribution >= 0.6 is 11.3 Å². The molecule has 0 radical (unpaired) electrons. The molecule has 1 fully saturated rings. The van der Waals surface area contributed by atoms with E-state index in [1.165, 1.54) is 17.6 Å². The van der Waals surface area contributed by atoms with Crippen molar-refractivity contribution >= 4 is 28.8 Å². The van der Waals surface area contributed by atoms with Gasteiger partial charge in [-0.25, -0.2) is 0 Å². The molecule has 1 aromatic carbocycles. The molecule has 144 valence electrons. The maximum atomic E-state index is 12.5. The van der Waals surface area contributed by atoms with E-state index in [4.69, 9.17) is 4.42 Å². The van der Waals surface area contributed by atoms with Gasteiger partial charge in [-0.05, 0) is 44.0 Å². The fourth-order valence-corrected chi connectivity index (χ4v) is 4.10. The van der Waals surface area contributed by atoms with Crippen molar-refractivity contribution in [2.75, 3.05) is 18.4 Å². The number of rotatable bonds is 4. The third-order valence-electron chi connectivity index (χ3n) is 4.73. The molecule has 1 atom stereocenters. The monoisotopic (exact) mass is 396 g/mol. The predicted octanol–water partition coefficient (Wildman–Crippen LogP) is 3.71. The number of carbonyl (C=O) groups excluding carboxylic acids is 2. The number of nitrogens with zero attached hydrogens (tertiary/aromatic N) is 3. The molecule has 1 N–H and O–H groups in total. The van der Waals surface area contributed by atoms with Gasteiger partial charge in [0, 0.05) is 24.7 Å². The Labute approximate surface area is 166 Å². The summed E-state index contributed by atoms with van der Waals surface area (Å²) in [6, 6.07) is 11.0. The molecule has 1 aliphatic heterocycles. The first-order chi connectivity index (χ1) is 13.6. The second kappa shape index (κ2) is 7.93. The van der Waals surface area contributed by atoms with Crippen LogP contribution in [0.4, 0.5) is 5.69 Å². The Hall–Kier alpha value is -3.00. The van der Waals surface area contributed by atoms with E-state index < -0.39 is 0 Å². The molecule has 3 heterocycles. The standard InChI is InChI=1S/C20H20N4O3S/c1-13-6-8-15(9-7-13)21-17(25)19-23-22-18(28-19)14-4-2-10-24(12-14)20(26)16-5-3-11-27-16/h3,5-9,11,14H,2,4,10,12H2,1H3,(H,21,25). The highest BCUT2D eigenvalue weighted by molar-refractivity contribution is 7.13. The number of aromatic nitrogens is 2. The summed E-state index contributed by atoms with van der Waals surface area (Å²) in [5.74, 6) is 0.0330. The van der Waals surface area contributed by atoms with Crippen LogP contribution < -0.4 is 5.32 Å². The highest BCUT2D eigenvalue weighted by atomic mass is 32.1. The van der Waals surface area contributed by atoms with Gasteiger partial charge < -0.3 is 14.6 Å². The van der Waals surface area contributed by atoms with Crippen molar-refractivity contribution in [3.05, 3.63) is 64.0 Å². The lowest BCUT2D eigenvalue weighted by Gasteiger charge is -2.30. The van der Waals surface area contributed by atoms with Crippen LogP contribution in [0.1, 0.15) is 49.7 Å². The molecule has 4 rings (SSSR count). The number of hydrogen-bond acceptors (Lipinski definition) is 6. The average Bonchev–Trinajstić information content (AvgIpc) is 3.41. The first-order valence-corrected chi connectivity index (χ1v) is 9.96. The maximum absolute atomic E-state index is 12.5. The highest BCUT2D eigenvalue weighted by Crippen LogP contribution is 2.30.